The molecule has 1 fully saturated rings. The van der Waals surface area contributed by atoms with Crippen LogP contribution in [0, 0.1) is 5.92 Å². The smallest absolute Gasteiger partial charge is 0.251 e. The van der Waals surface area contributed by atoms with E-state index in [0.717, 1.165) is 25.9 Å². The number of benzene rings is 1. The Kier molecular flexibility index (Phi) is 6.49. The van der Waals surface area contributed by atoms with E-state index in [1.54, 1.807) is 12.1 Å². The number of halogens is 2. The largest absolute Gasteiger partial charge is 0.354 e. The van der Waals surface area contributed by atoms with E-state index in [1.807, 2.05) is 0 Å². The lowest BCUT2D eigenvalue weighted by Gasteiger charge is -2.22. The first-order valence-corrected chi connectivity index (χ1v) is 8.02. The van der Waals surface area contributed by atoms with Gasteiger partial charge in [0.05, 0.1) is 16.6 Å². The van der Waals surface area contributed by atoms with E-state index in [2.05, 4.69) is 16.0 Å². The minimum Gasteiger partial charge on any atom is -0.354 e. The van der Waals surface area contributed by atoms with Gasteiger partial charge in [0.2, 0.25) is 5.91 Å². The first-order valence-electron chi connectivity index (χ1n) is 7.27. The SMILES string of the molecule is O=C(CNC(=O)c1ccc(Cl)c(Cl)c1)NCC1CCCNC1. The van der Waals surface area contributed by atoms with Crippen molar-refractivity contribution in [1.82, 2.24) is 16.0 Å². The first kappa shape index (κ1) is 17.1. The van der Waals surface area contributed by atoms with Crippen molar-refractivity contribution < 1.29 is 9.59 Å². The maximum Gasteiger partial charge on any atom is 0.251 e. The molecule has 0 radical (unpaired) electrons. The monoisotopic (exact) mass is 343 g/mol. The van der Waals surface area contributed by atoms with Gasteiger partial charge in [0.1, 0.15) is 0 Å². The van der Waals surface area contributed by atoms with Crippen molar-refractivity contribution in [3.05, 3.63) is 33.8 Å². The zero-order valence-corrected chi connectivity index (χ0v) is 13.6. The molecule has 0 bridgehead atoms. The molecular weight excluding hydrogens is 325 g/mol. The molecule has 2 rings (SSSR count). The van der Waals surface area contributed by atoms with Crippen LogP contribution in [0.4, 0.5) is 0 Å². The van der Waals surface area contributed by atoms with Gasteiger partial charge in [0.15, 0.2) is 0 Å². The molecule has 0 spiro atoms. The summed E-state index contributed by atoms with van der Waals surface area (Å²) in [6, 6.07) is 4.59. The molecule has 1 heterocycles. The molecule has 1 aromatic rings. The maximum absolute atomic E-state index is 11.9. The van der Waals surface area contributed by atoms with Crippen molar-refractivity contribution in [2.24, 2.45) is 5.92 Å². The third-order valence-electron chi connectivity index (χ3n) is 3.58. The van der Waals surface area contributed by atoms with Gasteiger partial charge in [-0.3, -0.25) is 9.59 Å². The average molecular weight is 344 g/mol. The molecule has 22 heavy (non-hydrogen) atoms. The standard InChI is InChI=1S/C15H19Cl2N3O2/c16-12-4-3-11(6-13(12)17)15(22)20-9-14(21)19-8-10-2-1-5-18-7-10/h3-4,6,10,18H,1-2,5,7-9H2,(H,19,21)(H,20,22). The number of amides is 2. The molecule has 1 saturated heterocycles. The Labute approximate surface area is 139 Å². The summed E-state index contributed by atoms with van der Waals surface area (Å²) >= 11 is 11.7. The fourth-order valence-electron chi connectivity index (χ4n) is 2.32. The van der Waals surface area contributed by atoms with Crippen molar-refractivity contribution in [3.63, 3.8) is 0 Å². The Bertz CT molecular complexity index is 546. The van der Waals surface area contributed by atoms with Crippen LogP contribution in [0.2, 0.25) is 10.0 Å². The van der Waals surface area contributed by atoms with E-state index in [-0.39, 0.29) is 18.4 Å². The summed E-state index contributed by atoms with van der Waals surface area (Å²) in [5.41, 5.74) is 0.374. The molecule has 0 saturated carbocycles. The molecule has 3 N–H and O–H groups in total. The summed E-state index contributed by atoms with van der Waals surface area (Å²) in [7, 11) is 0. The van der Waals surface area contributed by atoms with Gasteiger partial charge in [-0.25, -0.2) is 0 Å². The van der Waals surface area contributed by atoms with Crippen LogP contribution in [0.1, 0.15) is 23.2 Å². The molecule has 120 valence electrons. The molecule has 7 heteroatoms. The second-order valence-electron chi connectivity index (χ2n) is 5.33. The number of hydrogen-bond donors (Lipinski definition) is 3. The van der Waals surface area contributed by atoms with Crippen LogP contribution >= 0.6 is 23.2 Å². The van der Waals surface area contributed by atoms with Crippen molar-refractivity contribution in [2.75, 3.05) is 26.2 Å². The number of nitrogens with one attached hydrogen (secondary N) is 3. The van der Waals surface area contributed by atoms with E-state index in [0.29, 0.717) is 28.1 Å². The van der Waals surface area contributed by atoms with Crippen LogP contribution in [-0.2, 0) is 4.79 Å². The highest BCUT2D eigenvalue weighted by Gasteiger charge is 2.14. The van der Waals surface area contributed by atoms with Crippen LogP contribution in [0.3, 0.4) is 0 Å². The zero-order valence-electron chi connectivity index (χ0n) is 12.1. The Morgan fingerprint density at radius 3 is 2.73 bits per heavy atom. The van der Waals surface area contributed by atoms with E-state index in [1.165, 1.54) is 6.07 Å². The highest BCUT2D eigenvalue weighted by Crippen LogP contribution is 2.22. The molecule has 1 aliphatic rings. The van der Waals surface area contributed by atoms with Crippen LogP contribution in [-0.4, -0.2) is 38.0 Å². The van der Waals surface area contributed by atoms with E-state index >= 15 is 0 Å². The Hall–Kier alpha value is -1.30. The third kappa shape index (κ3) is 5.16. The number of carbonyl (C=O) groups is 2. The van der Waals surface area contributed by atoms with Gasteiger partial charge in [-0.1, -0.05) is 23.2 Å². The number of hydrogen-bond acceptors (Lipinski definition) is 3. The van der Waals surface area contributed by atoms with E-state index in [4.69, 9.17) is 23.2 Å². The zero-order chi connectivity index (χ0) is 15.9. The van der Waals surface area contributed by atoms with Gasteiger partial charge in [-0.05, 0) is 50.0 Å². The van der Waals surface area contributed by atoms with Crippen LogP contribution in [0.15, 0.2) is 18.2 Å². The lowest BCUT2D eigenvalue weighted by atomic mass is 10.00. The topological polar surface area (TPSA) is 70.2 Å². The van der Waals surface area contributed by atoms with Crippen molar-refractivity contribution >= 4 is 35.0 Å². The van der Waals surface area contributed by atoms with Gasteiger partial charge in [-0.2, -0.15) is 0 Å². The summed E-state index contributed by atoms with van der Waals surface area (Å²) in [6.45, 7) is 2.55. The fourth-order valence-corrected chi connectivity index (χ4v) is 2.62. The lowest BCUT2D eigenvalue weighted by molar-refractivity contribution is -0.120. The second-order valence-corrected chi connectivity index (χ2v) is 6.14. The Morgan fingerprint density at radius 2 is 2.05 bits per heavy atom. The highest BCUT2D eigenvalue weighted by molar-refractivity contribution is 6.42. The van der Waals surface area contributed by atoms with E-state index in [9.17, 15) is 9.59 Å². The number of carbonyl (C=O) groups excluding carboxylic acids is 2. The quantitative estimate of drug-likeness (QED) is 0.763. The van der Waals surface area contributed by atoms with Crippen LogP contribution < -0.4 is 16.0 Å². The summed E-state index contributed by atoms with van der Waals surface area (Å²) < 4.78 is 0. The molecule has 1 aromatic carbocycles. The van der Waals surface area contributed by atoms with Gasteiger partial charge in [0.25, 0.3) is 5.91 Å². The average Bonchev–Trinajstić information content (AvgIpc) is 2.54. The normalized spacial score (nSPS) is 17.8. The number of rotatable bonds is 5. The molecule has 1 atom stereocenters. The van der Waals surface area contributed by atoms with Crippen molar-refractivity contribution in [3.8, 4) is 0 Å². The van der Waals surface area contributed by atoms with Crippen molar-refractivity contribution in [2.45, 2.75) is 12.8 Å². The predicted octanol–water partition coefficient (Wildman–Crippen LogP) is 1.84. The third-order valence-corrected chi connectivity index (χ3v) is 4.32. The molecule has 0 aliphatic carbocycles. The molecule has 1 unspecified atom stereocenters. The maximum atomic E-state index is 11.9. The highest BCUT2D eigenvalue weighted by atomic mass is 35.5. The van der Waals surface area contributed by atoms with Crippen molar-refractivity contribution in [1.29, 1.82) is 0 Å². The minimum atomic E-state index is -0.354. The first-order chi connectivity index (χ1) is 10.6. The van der Waals surface area contributed by atoms with Gasteiger partial charge >= 0.3 is 0 Å². The predicted molar refractivity (Wildman–Crippen MR) is 87.4 cm³/mol. The van der Waals surface area contributed by atoms with E-state index < -0.39 is 0 Å². The summed E-state index contributed by atoms with van der Waals surface area (Å²) in [6.07, 6.45) is 2.25. The number of piperidine rings is 1. The summed E-state index contributed by atoms with van der Waals surface area (Å²) in [4.78, 5) is 23.7. The Balaban J connectivity index is 1.73. The van der Waals surface area contributed by atoms with Gasteiger partial charge < -0.3 is 16.0 Å². The molecule has 5 nitrogen and oxygen atoms in total. The van der Waals surface area contributed by atoms with Crippen LogP contribution in [0.5, 0.6) is 0 Å². The molecule has 1 aliphatic heterocycles. The van der Waals surface area contributed by atoms with Crippen LogP contribution in [0.25, 0.3) is 0 Å². The molecule has 0 aromatic heterocycles. The van der Waals surface area contributed by atoms with Gasteiger partial charge in [-0.15, -0.1) is 0 Å². The fraction of sp³-hybridized carbons (Fsp3) is 0.467. The summed E-state index contributed by atoms with van der Waals surface area (Å²) in [5, 5.41) is 9.39. The molecular formula is C15H19Cl2N3O2. The van der Waals surface area contributed by atoms with Gasteiger partial charge in [0, 0.05) is 12.1 Å². The second kappa shape index (κ2) is 8.36. The summed E-state index contributed by atoms with van der Waals surface area (Å²) in [5.74, 6) is -0.0875. The Morgan fingerprint density at radius 1 is 1.23 bits per heavy atom. The molecule has 2 amide bonds. The minimum absolute atomic E-state index is 0.0563. The lowest BCUT2D eigenvalue weighted by Crippen LogP contribution is -2.42.